The quantitative estimate of drug-likeness (QED) is 0.102. The Bertz CT molecular complexity index is 3670. The van der Waals surface area contributed by atoms with Gasteiger partial charge in [0.05, 0.1) is 9.79 Å². The van der Waals surface area contributed by atoms with Gasteiger partial charge in [0.1, 0.15) is 24.5 Å². The van der Waals surface area contributed by atoms with E-state index in [0.717, 1.165) is 36.4 Å². The van der Waals surface area contributed by atoms with E-state index in [4.69, 9.17) is 0 Å². The van der Waals surface area contributed by atoms with Crippen molar-refractivity contribution in [1.29, 1.82) is 0 Å². The molecule has 308 valence electrons. The van der Waals surface area contributed by atoms with Gasteiger partial charge in [-0.25, -0.2) is 0 Å². The van der Waals surface area contributed by atoms with Gasteiger partial charge in [0.25, 0.3) is 70.8 Å². The first-order valence-electron chi connectivity index (χ1n) is 14.8. The summed E-state index contributed by atoms with van der Waals surface area (Å²) in [5.41, 5.74) is -4.07. The maximum atomic E-state index is 13.3. The highest BCUT2D eigenvalue weighted by Gasteiger charge is 2.34. The molecule has 28 heteroatoms. The van der Waals surface area contributed by atoms with Crippen molar-refractivity contribution in [3.8, 4) is 22.3 Å². The van der Waals surface area contributed by atoms with E-state index in [1.807, 2.05) is 0 Å². The molecule has 6 aromatic carbocycles. The van der Waals surface area contributed by atoms with Crippen molar-refractivity contribution in [2.75, 3.05) is 0 Å². The fourth-order valence-corrected chi connectivity index (χ4v) is 11.6. The Morgan fingerprint density at radius 3 is 1.36 bits per heavy atom. The molecule has 6 rings (SSSR count). The summed E-state index contributed by atoms with van der Waals surface area (Å²) in [5, 5.41) is -4.92. The molecule has 21 nitrogen and oxygen atoms in total. The fraction of sp³-hybridized carbons (Fsp3) is 0. The first-order chi connectivity index (χ1) is 26.2. The third-order valence-corrected chi connectivity index (χ3v) is 14.8. The second kappa shape index (κ2) is 13.5. The monoisotopic (exact) mass is 940 g/mol. The van der Waals surface area contributed by atoms with Crippen molar-refractivity contribution in [2.45, 2.75) is 34.3 Å². The van der Waals surface area contributed by atoms with Crippen LogP contribution in [0, 0.1) is 0 Å². The first-order valence-corrected chi connectivity index (χ1v) is 24.9. The Balaban J connectivity index is 2.06. The van der Waals surface area contributed by atoms with Crippen LogP contribution in [0.2, 0.25) is 0 Å². The van der Waals surface area contributed by atoms with E-state index in [9.17, 15) is 90.8 Å². The molecule has 0 aliphatic rings. The van der Waals surface area contributed by atoms with E-state index in [1.165, 1.54) is 0 Å². The van der Waals surface area contributed by atoms with Crippen LogP contribution in [0.5, 0.6) is 0 Å². The van der Waals surface area contributed by atoms with Crippen LogP contribution in [0.3, 0.4) is 0 Å². The topological polar surface area (TPSA) is 381 Å². The summed E-state index contributed by atoms with van der Waals surface area (Å²) in [6.45, 7) is 0. The molecule has 0 aromatic heterocycles. The van der Waals surface area contributed by atoms with Gasteiger partial charge in [0.2, 0.25) is 0 Å². The Morgan fingerprint density at radius 2 is 0.845 bits per heavy atom. The number of hydrogen-bond donors (Lipinski definition) is 7. The van der Waals surface area contributed by atoms with Crippen LogP contribution < -0.4 is 0 Å². The smallest absolute Gasteiger partial charge is 0.282 e. The van der Waals surface area contributed by atoms with Crippen molar-refractivity contribution >= 4 is 103 Å². The molecule has 0 amide bonds. The highest BCUT2D eigenvalue weighted by molar-refractivity contribution is 7.88. The van der Waals surface area contributed by atoms with Crippen LogP contribution in [-0.4, -0.2) is 90.8 Å². The van der Waals surface area contributed by atoms with Gasteiger partial charge in [-0.2, -0.15) is 58.9 Å². The van der Waals surface area contributed by atoms with Crippen molar-refractivity contribution in [2.24, 2.45) is 0 Å². The molecule has 7 N–H and O–H groups in total. The molecule has 0 unspecified atom stereocenters. The normalized spacial score (nSPS) is 13.7. The summed E-state index contributed by atoms with van der Waals surface area (Å²) in [6.07, 6.45) is 0. The van der Waals surface area contributed by atoms with Crippen LogP contribution in [0.1, 0.15) is 0 Å². The molecule has 58 heavy (non-hydrogen) atoms. The van der Waals surface area contributed by atoms with E-state index in [2.05, 4.69) is 0 Å². The Labute approximate surface area is 327 Å². The zero-order chi connectivity index (χ0) is 43.5. The Morgan fingerprint density at radius 1 is 0.328 bits per heavy atom. The van der Waals surface area contributed by atoms with Gasteiger partial charge in [-0.1, -0.05) is 42.5 Å². The van der Waals surface area contributed by atoms with E-state index >= 15 is 0 Å². The third-order valence-electron chi connectivity index (χ3n) is 8.55. The standard InChI is InChI=1S/C30H20O21S7/c31-52(32,33)15-5-7-17-14(10-15)4-6-20(29(17)57(46,47)48)22-13-25(55(40,41)42)23-11-16(53(34,35)36)12-26(56(43,44)45)28(23)27(22)21-9-8-18-19(30(21)58(49,50)51)2-1-3-24(18)54(37,38)39/h1-13H,(H,31,32,33)(H,34,35,36)(H,37,38,39)(H,40,41,42)(H,43,44,45)(H,46,47,48)(H,49,50,51). The highest BCUT2D eigenvalue weighted by atomic mass is 32.2. The maximum absolute atomic E-state index is 13.3. The highest BCUT2D eigenvalue weighted by Crippen LogP contribution is 2.50. The predicted octanol–water partition coefficient (Wildman–Crippen LogP) is 3.21. The van der Waals surface area contributed by atoms with Gasteiger partial charge in [-0.15, -0.1) is 0 Å². The summed E-state index contributed by atoms with van der Waals surface area (Å²) in [4.78, 5) is -9.09. The molecule has 0 heterocycles. The van der Waals surface area contributed by atoms with Gasteiger partial charge < -0.3 is 0 Å². The fourth-order valence-electron chi connectivity index (χ4n) is 6.45. The van der Waals surface area contributed by atoms with Crippen molar-refractivity contribution in [3.63, 3.8) is 0 Å². The zero-order valence-electron chi connectivity index (χ0n) is 27.7. The molecule has 0 bridgehead atoms. The number of fused-ring (bicyclic) bond motifs is 3. The van der Waals surface area contributed by atoms with E-state index in [-0.39, 0.29) is 17.5 Å². The molecule has 0 radical (unpaired) electrons. The number of rotatable bonds is 9. The summed E-state index contributed by atoms with van der Waals surface area (Å²) >= 11 is 0. The minimum atomic E-state index is -5.94. The van der Waals surface area contributed by atoms with Crippen molar-refractivity contribution < 1.29 is 90.8 Å². The average Bonchev–Trinajstić information content (AvgIpc) is 3.05. The molecule has 6 aromatic rings. The molecule has 0 saturated heterocycles. The van der Waals surface area contributed by atoms with E-state index in [0.29, 0.717) is 30.3 Å². The number of benzene rings is 6. The molecule has 0 spiro atoms. The third kappa shape index (κ3) is 7.70. The lowest BCUT2D eigenvalue weighted by molar-refractivity contribution is 0.477. The lowest BCUT2D eigenvalue weighted by Gasteiger charge is -2.22. The Kier molecular flexibility index (Phi) is 10.0. The average molecular weight is 941 g/mol. The molecule has 0 fully saturated rings. The second-order valence-electron chi connectivity index (χ2n) is 12.1. The summed E-state index contributed by atoms with van der Waals surface area (Å²) in [6, 6.07) is 8.22. The van der Waals surface area contributed by atoms with Crippen LogP contribution in [-0.2, 0) is 70.8 Å². The van der Waals surface area contributed by atoms with E-state index < -0.39 is 154 Å². The molecular weight excluding hydrogens is 921 g/mol. The maximum Gasteiger partial charge on any atom is 0.295 e. The molecule has 0 saturated carbocycles. The van der Waals surface area contributed by atoms with Gasteiger partial charge in [0.15, 0.2) is 0 Å². The first kappa shape index (κ1) is 43.1. The minimum absolute atomic E-state index is 0.0413. The van der Waals surface area contributed by atoms with Gasteiger partial charge in [-0.3, -0.25) is 31.9 Å². The van der Waals surface area contributed by atoms with Crippen LogP contribution in [0.15, 0.2) is 113 Å². The molecule has 0 aliphatic carbocycles. The molecule has 0 atom stereocenters. The Hall–Kier alpha value is -4.53. The molecular formula is C30H20O21S7. The summed E-state index contributed by atoms with van der Waals surface area (Å²) < 4.78 is 250. The van der Waals surface area contributed by atoms with Crippen LogP contribution >= 0.6 is 0 Å². The predicted molar refractivity (Wildman–Crippen MR) is 199 cm³/mol. The van der Waals surface area contributed by atoms with Crippen LogP contribution in [0.4, 0.5) is 0 Å². The zero-order valence-corrected chi connectivity index (χ0v) is 33.4. The molecule has 0 aliphatic heterocycles. The van der Waals surface area contributed by atoms with Gasteiger partial charge in [0, 0.05) is 43.6 Å². The minimum Gasteiger partial charge on any atom is -0.282 e. The second-order valence-corrected chi connectivity index (χ2v) is 21.8. The summed E-state index contributed by atoms with van der Waals surface area (Å²) in [5.74, 6) is 0. The van der Waals surface area contributed by atoms with Crippen molar-refractivity contribution in [3.05, 3.63) is 78.9 Å². The SMILES string of the molecule is O=S(=O)(O)c1ccc2c(S(=O)(=O)O)c(-c3cc(S(=O)(=O)O)c4cc(S(=O)(=O)O)cc(S(=O)(=O)O)c4c3-c3ccc4c(S(=O)(=O)O)cccc4c3S(=O)(=O)O)ccc2c1. The van der Waals surface area contributed by atoms with E-state index in [1.54, 1.807) is 0 Å². The summed E-state index contributed by atoms with van der Waals surface area (Å²) in [7, 11) is -38.9. The van der Waals surface area contributed by atoms with Crippen LogP contribution in [0.25, 0.3) is 54.6 Å². The van der Waals surface area contributed by atoms with Gasteiger partial charge >= 0.3 is 0 Å². The van der Waals surface area contributed by atoms with Gasteiger partial charge in [-0.05, 0) is 47.3 Å². The largest absolute Gasteiger partial charge is 0.295 e. The lowest BCUT2D eigenvalue weighted by atomic mass is 9.88. The number of hydrogen-bond acceptors (Lipinski definition) is 14. The van der Waals surface area contributed by atoms with Crippen molar-refractivity contribution in [1.82, 2.24) is 0 Å². The lowest BCUT2D eigenvalue weighted by Crippen LogP contribution is -2.11.